The first kappa shape index (κ1) is 67.0. The quantitative estimate of drug-likeness (QED) is 0.0196. The van der Waals surface area contributed by atoms with Gasteiger partial charge in [-0.3, -0.25) is 9.35 Å². The molecule has 414 valence electrons. The summed E-state index contributed by atoms with van der Waals surface area (Å²) >= 11 is 0. The average molecular weight is 1030 g/mol. The molecular weight excluding hydrogens is 933 g/mol. The first-order valence-corrected chi connectivity index (χ1v) is 29.4. The van der Waals surface area contributed by atoms with Crippen LogP contribution in [0.1, 0.15) is 206 Å². The molecule has 6 atom stereocenters. The van der Waals surface area contributed by atoms with E-state index in [0.717, 1.165) is 89.9 Å². The highest BCUT2D eigenvalue weighted by molar-refractivity contribution is 7.80. The molecule has 6 unspecified atom stereocenters. The monoisotopic (exact) mass is 1030 g/mol. The molecule has 1 heterocycles. The van der Waals surface area contributed by atoms with Crippen LogP contribution >= 0.6 is 0 Å². The Kier molecular flexibility index (Phi) is 45.6. The second kappa shape index (κ2) is 48.9. The van der Waals surface area contributed by atoms with Gasteiger partial charge in [-0.1, -0.05) is 201 Å². The van der Waals surface area contributed by atoms with E-state index in [1.807, 2.05) is 0 Å². The third kappa shape index (κ3) is 41.4. The zero-order valence-electron chi connectivity index (χ0n) is 44.7. The Morgan fingerprint density at radius 2 is 0.958 bits per heavy atom. The zero-order valence-corrected chi connectivity index (χ0v) is 45.5. The van der Waals surface area contributed by atoms with E-state index in [4.69, 9.17) is 18.9 Å². The number of carbonyl (C=O) groups is 1. The van der Waals surface area contributed by atoms with Gasteiger partial charge in [0, 0.05) is 13.0 Å². The van der Waals surface area contributed by atoms with Gasteiger partial charge >= 0.3 is 16.4 Å². The molecule has 0 saturated carbocycles. The molecule has 0 aromatic rings. The number of esters is 1. The largest absolute Gasteiger partial charge is 0.457 e. The zero-order chi connectivity index (χ0) is 52.4. The minimum atomic E-state index is -5.08. The summed E-state index contributed by atoms with van der Waals surface area (Å²) in [5.74, 6) is -0.427. The molecule has 1 fully saturated rings. The van der Waals surface area contributed by atoms with E-state index in [1.165, 1.54) is 89.9 Å². The highest BCUT2D eigenvalue weighted by atomic mass is 32.3. The van der Waals surface area contributed by atoms with Crippen molar-refractivity contribution in [1.29, 1.82) is 0 Å². The summed E-state index contributed by atoms with van der Waals surface area (Å²) in [5.41, 5.74) is 0. The van der Waals surface area contributed by atoms with Crippen LogP contribution in [0.25, 0.3) is 0 Å². The Hall–Kier alpha value is -2.98. The maximum atomic E-state index is 12.9. The summed E-state index contributed by atoms with van der Waals surface area (Å²) < 4.78 is 59.4. The van der Waals surface area contributed by atoms with Crippen molar-refractivity contribution in [1.82, 2.24) is 0 Å². The van der Waals surface area contributed by atoms with Crippen LogP contribution in [0.4, 0.5) is 0 Å². The lowest BCUT2D eigenvalue weighted by molar-refractivity contribution is -0.301. The molecule has 0 radical (unpaired) electrons. The third-order valence-corrected chi connectivity index (χ3v) is 12.7. The van der Waals surface area contributed by atoms with Gasteiger partial charge < -0.3 is 34.3 Å². The SMILES string of the molecule is CC/C=C\C/C=C\C/C=C\C/C=C\C/C=C\C/C=C\CCCCCCC(=O)OC(COCCCCCCCCCCCC/C=C\C/C=C\CCCCCCC)COC1OC(CO)C(O)C(OS(=O)(=O)O)C1O. The van der Waals surface area contributed by atoms with Gasteiger partial charge in [0.2, 0.25) is 0 Å². The predicted octanol–water partition coefficient (Wildman–Crippen LogP) is 13.8. The molecule has 0 bridgehead atoms. The fourth-order valence-electron chi connectivity index (χ4n) is 8.00. The first-order chi connectivity index (χ1) is 35.1. The number of carbonyl (C=O) groups excluding carboxylic acids is 1. The smallest absolute Gasteiger partial charge is 0.397 e. The normalized spacial score (nSPS) is 19.7. The Morgan fingerprint density at radius 1 is 0.542 bits per heavy atom. The lowest BCUT2D eigenvalue weighted by atomic mass is 9.99. The summed E-state index contributed by atoms with van der Waals surface area (Å²) in [4.78, 5) is 12.9. The number of rotatable bonds is 48. The molecule has 1 rings (SSSR count). The second-order valence-corrected chi connectivity index (χ2v) is 19.8. The summed E-state index contributed by atoms with van der Waals surface area (Å²) in [5, 5.41) is 30.8. The Bertz CT molecular complexity index is 1620. The van der Waals surface area contributed by atoms with Gasteiger partial charge in [-0.25, -0.2) is 4.18 Å². The number of aliphatic hydroxyl groups is 3. The van der Waals surface area contributed by atoms with Crippen LogP contribution in [0.2, 0.25) is 0 Å². The lowest BCUT2D eigenvalue weighted by Crippen LogP contribution is -2.60. The van der Waals surface area contributed by atoms with Crippen molar-refractivity contribution in [3.05, 3.63) is 97.2 Å². The number of unbranched alkanes of at least 4 members (excludes halogenated alkanes) is 19. The van der Waals surface area contributed by atoms with Gasteiger partial charge in [-0.15, -0.1) is 0 Å². The fourth-order valence-corrected chi connectivity index (χ4v) is 8.51. The number of allylic oxidation sites excluding steroid dienone is 16. The molecular formula is C59H100O12S. The van der Waals surface area contributed by atoms with Crippen LogP contribution in [-0.4, -0.2) is 97.5 Å². The molecule has 0 aromatic heterocycles. The molecule has 0 aromatic carbocycles. The molecule has 0 spiro atoms. The topological polar surface area (TPSA) is 178 Å². The van der Waals surface area contributed by atoms with E-state index >= 15 is 0 Å². The van der Waals surface area contributed by atoms with E-state index in [9.17, 15) is 33.1 Å². The lowest BCUT2D eigenvalue weighted by Gasteiger charge is -2.41. The van der Waals surface area contributed by atoms with Crippen molar-refractivity contribution in [2.45, 2.75) is 243 Å². The Morgan fingerprint density at radius 3 is 1.40 bits per heavy atom. The van der Waals surface area contributed by atoms with Gasteiger partial charge in [0.05, 0.1) is 19.8 Å². The van der Waals surface area contributed by atoms with Gasteiger partial charge in [0.25, 0.3) is 0 Å². The summed E-state index contributed by atoms with van der Waals surface area (Å²) in [6.45, 7) is 3.83. The van der Waals surface area contributed by atoms with E-state index in [0.29, 0.717) is 13.0 Å². The number of ether oxygens (including phenoxy) is 4. The van der Waals surface area contributed by atoms with Crippen LogP contribution in [0, 0.1) is 0 Å². The average Bonchev–Trinajstić information content (AvgIpc) is 3.36. The van der Waals surface area contributed by atoms with E-state index < -0.39 is 59.8 Å². The summed E-state index contributed by atoms with van der Waals surface area (Å²) in [6, 6.07) is 0. The first-order valence-electron chi connectivity index (χ1n) is 28.0. The van der Waals surface area contributed by atoms with Crippen LogP contribution in [0.5, 0.6) is 0 Å². The molecule has 13 heteroatoms. The van der Waals surface area contributed by atoms with Crippen LogP contribution < -0.4 is 0 Å². The minimum absolute atomic E-state index is 0.0175. The van der Waals surface area contributed by atoms with Gasteiger partial charge in [0.15, 0.2) is 6.29 Å². The molecule has 1 aliphatic rings. The van der Waals surface area contributed by atoms with Crippen LogP contribution in [0.3, 0.4) is 0 Å². The Labute approximate surface area is 437 Å². The van der Waals surface area contributed by atoms with Crippen molar-refractivity contribution < 1.29 is 56.2 Å². The van der Waals surface area contributed by atoms with Gasteiger partial charge in [0.1, 0.15) is 30.5 Å². The van der Waals surface area contributed by atoms with Crippen LogP contribution in [-0.2, 0) is 38.3 Å². The van der Waals surface area contributed by atoms with E-state index in [2.05, 4.69) is 115 Å². The maximum Gasteiger partial charge on any atom is 0.397 e. The summed E-state index contributed by atoms with van der Waals surface area (Å²) in [7, 11) is -5.08. The predicted molar refractivity (Wildman–Crippen MR) is 294 cm³/mol. The molecule has 0 aliphatic carbocycles. The van der Waals surface area contributed by atoms with Crippen molar-refractivity contribution in [2.75, 3.05) is 26.4 Å². The fraction of sp³-hybridized carbons (Fsp3) is 0.712. The van der Waals surface area contributed by atoms with Crippen molar-refractivity contribution >= 4 is 16.4 Å². The molecule has 12 nitrogen and oxygen atoms in total. The third-order valence-electron chi connectivity index (χ3n) is 12.2. The molecule has 4 N–H and O–H groups in total. The molecule has 0 amide bonds. The maximum absolute atomic E-state index is 12.9. The number of aliphatic hydroxyl groups excluding tert-OH is 3. The molecule has 72 heavy (non-hydrogen) atoms. The number of hydrogen-bond acceptors (Lipinski definition) is 11. The van der Waals surface area contributed by atoms with Crippen LogP contribution in [0.15, 0.2) is 97.2 Å². The summed E-state index contributed by atoms with van der Waals surface area (Å²) in [6.07, 6.45) is 58.6. The van der Waals surface area contributed by atoms with Crippen molar-refractivity contribution in [3.63, 3.8) is 0 Å². The highest BCUT2D eigenvalue weighted by Crippen LogP contribution is 2.26. The standard InChI is InChI=1S/C59H100O12S/c1-3-5-7-9-11-13-15-17-19-21-23-25-27-28-30-32-34-36-38-40-42-44-46-48-55(61)69-53(52-68-59-57(63)58(71-72(64,65)66)56(62)54(50-60)70-59)51-67-49-47-45-43-41-39-37-35-33-31-29-26-24-22-20-18-16-14-12-10-8-6-4-2/h5,7,11,13,16-19,22-25,28,30,34,36,53-54,56-60,62-63H,3-4,6,8-10,12,14-15,20-21,26-27,29,31-33,35,37-52H2,1-2H3,(H,64,65,66)/b7-5-,13-11-,18-16-,19-17-,24-22-,25-23-,30-28-,36-34-. The highest BCUT2D eigenvalue weighted by Gasteiger charge is 2.48. The van der Waals surface area contributed by atoms with E-state index in [1.54, 1.807) is 0 Å². The minimum Gasteiger partial charge on any atom is -0.457 e. The number of hydrogen-bond donors (Lipinski definition) is 4. The Balaban J connectivity index is 2.36. The molecule has 1 aliphatic heterocycles. The van der Waals surface area contributed by atoms with Crippen molar-refractivity contribution in [3.8, 4) is 0 Å². The molecule has 1 saturated heterocycles. The van der Waals surface area contributed by atoms with Gasteiger partial charge in [-0.2, -0.15) is 8.42 Å². The van der Waals surface area contributed by atoms with Crippen molar-refractivity contribution in [2.24, 2.45) is 0 Å². The second-order valence-electron chi connectivity index (χ2n) is 18.8. The van der Waals surface area contributed by atoms with Gasteiger partial charge in [-0.05, 0) is 96.3 Å². The van der Waals surface area contributed by atoms with E-state index in [-0.39, 0.29) is 19.6 Å².